The zero-order valence-electron chi connectivity index (χ0n) is 13.2. The molecule has 0 spiro atoms. The minimum Gasteiger partial charge on any atom is -0.355 e. The molecule has 0 aromatic carbocycles. The maximum atomic E-state index is 11.7. The van der Waals surface area contributed by atoms with Crippen LogP contribution in [0.5, 0.6) is 0 Å². The van der Waals surface area contributed by atoms with Crippen LogP contribution in [0.3, 0.4) is 0 Å². The van der Waals surface area contributed by atoms with E-state index in [1.165, 1.54) is 18.1 Å². The summed E-state index contributed by atoms with van der Waals surface area (Å²) < 4.78 is 1.78. The minimum atomic E-state index is 0.0322. The molecule has 0 atom stereocenters. The van der Waals surface area contributed by atoms with Gasteiger partial charge in [-0.25, -0.2) is 14.6 Å². The second-order valence-electron chi connectivity index (χ2n) is 5.05. The number of hydrogen-bond acceptors (Lipinski definition) is 5. The Bertz CT molecular complexity index is 641. The van der Waals surface area contributed by atoms with Gasteiger partial charge in [-0.05, 0) is 26.3 Å². The molecule has 0 aliphatic carbocycles. The molecule has 118 valence electrons. The number of hydrogen-bond donors (Lipinski definition) is 1. The summed E-state index contributed by atoms with van der Waals surface area (Å²) in [5.41, 5.74) is 1.96. The van der Waals surface area contributed by atoms with E-state index in [0.29, 0.717) is 5.75 Å². The van der Waals surface area contributed by atoms with Gasteiger partial charge in [0.05, 0.1) is 11.4 Å². The number of rotatable bonds is 7. The highest BCUT2D eigenvalue weighted by Crippen LogP contribution is 2.17. The first-order chi connectivity index (χ1) is 10.6. The van der Waals surface area contributed by atoms with Gasteiger partial charge in [-0.15, -0.1) is 0 Å². The second-order valence-corrected chi connectivity index (χ2v) is 6.04. The van der Waals surface area contributed by atoms with Crippen LogP contribution in [0.4, 0.5) is 0 Å². The summed E-state index contributed by atoms with van der Waals surface area (Å²) in [7, 11) is 0. The van der Waals surface area contributed by atoms with E-state index >= 15 is 0 Å². The lowest BCUT2D eigenvalue weighted by atomic mass is 10.3. The van der Waals surface area contributed by atoms with Crippen molar-refractivity contribution in [2.45, 2.75) is 38.6 Å². The van der Waals surface area contributed by atoms with Crippen molar-refractivity contribution in [3.05, 3.63) is 29.8 Å². The summed E-state index contributed by atoms with van der Waals surface area (Å²) >= 11 is 1.40. The number of carbonyl (C=O) groups excluding carboxylic acids is 1. The Hall–Kier alpha value is -1.89. The van der Waals surface area contributed by atoms with E-state index in [4.69, 9.17) is 0 Å². The molecule has 2 aromatic rings. The van der Waals surface area contributed by atoms with Crippen molar-refractivity contribution in [2.75, 3.05) is 12.3 Å². The normalized spacial score (nSPS) is 10.7. The van der Waals surface area contributed by atoms with Gasteiger partial charge in [0, 0.05) is 18.3 Å². The van der Waals surface area contributed by atoms with Gasteiger partial charge in [-0.1, -0.05) is 25.1 Å². The standard InChI is InChI=1S/C15H21N5OS/c1-4-5-6-16-14(21)9-22-15-8-13(17-10-18-15)20-12(3)7-11(2)19-20/h7-8,10H,4-6,9H2,1-3H3,(H,16,21). The molecule has 22 heavy (non-hydrogen) atoms. The fraction of sp³-hybridized carbons (Fsp3) is 0.467. The Morgan fingerprint density at radius 3 is 2.82 bits per heavy atom. The van der Waals surface area contributed by atoms with Crippen molar-refractivity contribution in [1.29, 1.82) is 0 Å². The van der Waals surface area contributed by atoms with Crippen molar-refractivity contribution < 1.29 is 4.79 Å². The van der Waals surface area contributed by atoms with E-state index in [2.05, 4.69) is 27.3 Å². The number of amides is 1. The van der Waals surface area contributed by atoms with Gasteiger partial charge >= 0.3 is 0 Å². The predicted octanol–water partition coefficient (Wildman–Crippen LogP) is 2.29. The van der Waals surface area contributed by atoms with Gasteiger partial charge in [0.25, 0.3) is 0 Å². The number of nitrogens with one attached hydrogen (secondary N) is 1. The van der Waals surface area contributed by atoms with E-state index < -0.39 is 0 Å². The average Bonchev–Trinajstić information content (AvgIpc) is 2.84. The lowest BCUT2D eigenvalue weighted by Crippen LogP contribution is -2.26. The molecule has 0 unspecified atom stereocenters. The third-order valence-corrected chi connectivity index (χ3v) is 3.98. The van der Waals surface area contributed by atoms with Crippen LogP contribution in [0.15, 0.2) is 23.5 Å². The van der Waals surface area contributed by atoms with E-state index in [9.17, 15) is 4.79 Å². The molecular formula is C15H21N5OS. The van der Waals surface area contributed by atoms with E-state index in [0.717, 1.165) is 41.6 Å². The van der Waals surface area contributed by atoms with Crippen molar-refractivity contribution in [2.24, 2.45) is 0 Å². The molecule has 2 heterocycles. The maximum Gasteiger partial charge on any atom is 0.230 e. The lowest BCUT2D eigenvalue weighted by Gasteiger charge is -2.06. The van der Waals surface area contributed by atoms with Crippen molar-refractivity contribution >= 4 is 17.7 Å². The maximum absolute atomic E-state index is 11.7. The van der Waals surface area contributed by atoms with Gasteiger partial charge in [0.15, 0.2) is 5.82 Å². The molecule has 0 saturated carbocycles. The molecule has 0 aliphatic rings. The van der Waals surface area contributed by atoms with Crippen molar-refractivity contribution in [3.63, 3.8) is 0 Å². The third kappa shape index (κ3) is 4.56. The Morgan fingerprint density at radius 2 is 2.14 bits per heavy atom. The molecule has 1 N–H and O–H groups in total. The van der Waals surface area contributed by atoms with E-state index in [1.807, 2.05) is 26.0 Å². The SMILES string of the molecule is CCCCNC(=O)CSc1cc(-n2nc(C)cc2C)ncn1. The van der Waals surface area contributed by atoms with Crippen molar-refractivity contribution in [3.8, 4) is 5.82 Å². The molecule has 6 nitrogen and oxygen atoms in total. The smallest absolute Gasteiger partial charge is 0.230 e. The molecule has 2 rings (SSSR count). The highest BCUT2D eigenvalue weighted by Gasteiger charge is 2.08. The second kappa shape index (κ2) is 7.93. The van der Waals surface area contributed by atoms with Gasteiger partial charge in [-0.2, -0.15) is 5.10 Å². The van der Waals surface area contributed by atoms with Gasteiger partial charge in [0.1, 0.15) is 11.4 Å². The van der Waals surface area contributed by atoms with Crippen LogP contribution >= 0.6 is 11.8 Å². The van der Waals surface area contributed by atoms with Crippen LogP contribution in [-0.4, -0.2) is 38.0 Å². The molecular weight excluding hydrogens is 298 g/mol. The topological polar surface area (TPSA) is 72.7 Å². The summed E-state index contributed by atoms with van der Waals surface area (Å²) in [6.07, 6.45) is 3.58. The van der Waals surface area contributed by atoms with Crippen LogP contribution < -0.4 is 5.32 Å². The summed E-state index contributed by atoms with van der Waals surface area (Å²) in [6, 6.07) is 3.85. The van der Waals surface area contributed by atoms with Crippen molar-refractivity contribution in [1.82, 2.24) is 25.1 Å². The number of carbonyl (C=O) groups is 1. The fourth-order valence-corrected chi connectivity index (χ4v) is 2.67. The number of aromatic nitrogens is 4. The Balaban J connectivity index is 1.97. The Labute approximate surface area is 134 Å². The lowest BCUT2D eigenvalue weighted by molar-refractivity contribution is -0.118. The zero-order chi connectivity index (χ0) is 15.9. The molecule has 1 amide bonds. The quantitative estimate of drug-likeness (QED) is 0.481. The number of unbranched alkanes of at least 4 members (excludes halogenated alkanes) is 1. The highest BCUT2D eigenvalue weighted by atomic mass is 32.2. The Morgan fingerprint density at radius 1 is 1.32 bits per heavy atom. The van der Waals surface area contributed by atoms with Crippen LogP contribution in [0, 0.1) is 13.8 Å². The third-order valence-electron chi connectivity index (χ3n) is 3.06. The molecule has 0 bridgehead atoms. The first-order valence-electron chi connectivity index (χ1n) is 7.35. The molecule has 0 fully saturated rings. The number of nitrogens with zero attached hydrogens (tertiary/aromatic N) is 4. The minimum absolute atomic E-state index is 0.0322. The average molecular weight is 319 g/mol. The van der Waals surface area contributed by atoms with E-state index in [-0.39, 0.29) is 5.91 Å². The first kappa shape index (κ1) is 16.5. The fourth-order valence-electron chi connectivity index (χ4n) is 1.98. The summed E-state index contributed by atoms with van der Waals surface area (Å²) in [5.74, 6) is 1.11. The predicted molar refractivity (Wildman–Crippen MR) is 87.3 cm³/mol. The zero-order valence-corrected chi connectivity index (χ0v) is 14.0. The Kier molecular flexibility index (Phi) is 5.94. The summed E-state index contributed by atoms with van der Waals surface area (Å²) in [4.78, 5) is 20.2. The number of thioether (sulfide) groups is 1. The van der Waals surface area contributed by atoms with Crippen LogP contribution in [0.2, 0.25) is 0 Å². The first-order valence-corrected chi connectivity index (χ1v) is 8.34. The molecule has 7 heteroatoms. The molecule has 0 saturated heterocycles. The highest BCUT2D eigenvalue weighted by molar-refractivity contribution is 7.99. The molecule has 0 radical (unpaired) electrons. The monoisotopic (exact) mass is 319 g/mol. The number of aryl methyl sites for hydroxylation is 2. The van der Waals surface area contributed by atoms with Crippen LogP contribution in [0.25, 0.3) is 5.82 Å². The van der Waals surface area contributed by atoms with Gasteiger partial charge in [-0.3, -0.25) is 4.79 Å². The van der Waals surface area contributed by atoms with Crippen LogP contribution in [0.1, 0.15) is 31.2 Å². The van der Waals surface area contributed by atoms with Gasteiger partial charge in [0.2, 0.25) is 5.91 Å². The van der Waals surface area contributed by atoms with E-state index in [1.54, 1.807) is 4.68 Å². The summed E-state index contributed by atoms with van der Waals surface area (Å²) in [5, 5.41) is 8.06. The molecule has 0 aliphatic heterocycles. The molecule has 2 aromatic heterocycles. The van der Waals surface area contributed by atoms with Gasteiger partial charge < -0.3 is 5.32 Å². The largest absolute Gasteiger partial charge is 0.355 e. The summed E-state index contributed by atoms with van der Waals surface area (Å²) in [6.45, 7) is 6.76. The van der Waals surface area contributed by atoms with Crippen LogP contribution in [-0.2, 0) is 4.79 Å².